The molecule has 8 N–H and O–H groups in total. The van der Waals surface area contributed by atoms with Crippen LogP contribution in [-0.4, -0.2) is 73.4 Å². The Kier molecular flexibility index (Phi) is 12.8. The summed E-state index contributed by atoms with van der Waals surface area (Å²) in [5.41, 5.74) is 18.0. The lowest BCUT2D eigenvalue weighted by Gasteiger charge is -2.24. The van der Waals surface area contributed by atoms with Crippen LogP contribution in [0, 0.1) is 0 Å². The van der Waals surface area contributed by atoms with Crippen LogP contribution in [0.3, 0.4) is 0 Å². The van der Waals surface area contributed by atoms with Crippen molar-refractivity contribution in [2.24, 2.45) is 17.2 Å². The van der Waals surface area contributed by atoms with Gasteiger partial charge in [0.25, 0.3) is 0 Å². The third-order valence-corrected chi connectivity index (χ3v) is 5.71. The number of carbonyl (C=O) groups is 3. The summed E-state index contributed by atoms with van der Waals surface area (Å²) < 4.78 is 55.0. The molecule has 2 rings (SSSR count). The number of ether oxygens (including phenoxy) is 1. The summed E-state index contributed by atoms with van der Waals surface area (Å²) in [6.07, 6.45) is -8.46. The van der Waals surface area contributed by atoms with Crippen molar-refractivity contribution in [3.8, 4) is 5.75 Å². The van der Waals surface area contributed by atoms with Gasteiger partial charge < -0.3 is 37.5 Å². The average molecular weight is 571 g/mol. The Labute approximate surface area is 229 Å². The lowest BCUT2D eigenvalue weighted by atomic mass is 10.0. The van der Waals surface area contributed by atoms with E-state index >= 15 is 0 Å². The van der Waals surface area contributed by atoms with Gasteiger partial charge >= 0.3 is 12.5 Å². The Morgan fingerprint density at radius 3 is 2.08 bits per heavy atom. The van der Waals surface area contributed by atoms with Gasteiger partial charge in [-0.2, -0.15) is 17.6 Å². The van der Waals surface area contributed by atoms with Crippen LogP contribution in [0.4, 0.5) is 23.2 Å². The maximum Gasteiger partial charge on any atom is 0.461 e. The first-order valence-corrected chi connectivity index (χ1v) is 12.5. The van der Waals surface area contributed by atoms with Crippen molar-refractivity contribution in [1.29, 1.82) is 0 Å². The van der Waals surface area contributed by atoms with Gasteiger partial charge in [-0.15, -0.1) is 0 Å². The first-order chi connectivity index (χ1) is 19.0. The second-order valence-corrected chi connectivity index (χ2v) is 8.83. The van der Waals surface area contributed by atoms with Crippen LogP contribution in [0.15, 0.2) is 54.6 Å². The molecular formula is C26H34F4N6O4. The van der Waals surface area contributed by atoms with Gasteiger partial charge in [0, 0.05) is 31.9 Å². The van der Waals surface area contributed by atoms with E-state index in [9.17, 15) is 31.9 Å². The standard InChI is InChI=1S/C26H34F4N6O4/c27-25(28)26(29,30)40-19-9-7-18(8-10-19)34-24(39)21(11-6-17-4-2-1-3-5-17)35-23(38)20(33)16-22(37)36(14-12-31)15-13-32/h1-5,7-10,20-21,25H,6,11-16,31-33H2,(H,34,39)(H,35,38)/t20-,21-/m0/s1. The fourth-order valence-corrected chi connectivity index (χ4v) is 3.62. The number of carbonyl (C=O) groups excluding carboxylic acids is 3. The molecule has 2 atom stereocenters. The molecule has 10 nitrogen and oxygen atoms in total. The third-order valence-electron chi connectivity index (χ3n) is 5.71. The molecular weight excluding hydrogens is 536 g/mol. The molecule has 0 unspecified atom stereocenters. The maximum atomic E-state index is 13.1. The highest BCUT2D eigenvalue weighted by Crippen LogP contribution is 2.28. The van der Waals surface area contributed by atoms with E-state index in [1.807, 2.05) is 30.3 Å². The van der Waals surface area contributed by atoms with E-state index in [4.69, 9.17) is 17.2 Å². The van der Waals surface area contributed by atoms with Gasteiger partial charge in [-0.05, 0) is 42.7 Å². The van der Waals surface area contributed by atoms with Crippen molar-refractivity contribution in [2.75, 3.05) is 31.5 Å². The van der Waals surface area contributed by atoms with E-state index in [0.29, 0.717) is 6.42 Å². The quantitative estimate of drug-likeness (QED) is 0.191. The molecule has 220 valence electrons. The van der Waals surface area contributed by atoms with Crippen LogP contribution in [0.1, 0.15) is 18.4 Å². The molecule has 14 heteroatoms. The number of hydrogen-bond donors (Lipinski definition) is 5. The minimum Gasteiger partial charge on any atom is -0.428 e. The van der Waals surface area contributed by atoms with E-state index < -0.39 is 48.1 Å². The number of anilines is 1. The highest BCUT2D eigenvalue weighted by molar-refractivity contribution is 5.98. The number of rotatable bonds is 16. The topological polar surface area (TPSA) is 166 Å². The van der Waals surface area contributed by atoms with Crippen LogP contribution < -0.4 is 32.6 Å². The molecule has 0 heterocycles. The summed E-state index contributed by atoms with van der Waals surface area (Å²) in [7, 11) is 0. The summed E-state index contributed by atoms with van der Waals surface area (Å²) in [6.45, 7) is 0.902. The van der Waals surface area contributed by atoms with Crippen LogP contribution in [0.2, 0.25) is 0 Å². The molecule has 40 heavy (non-hydrogen) atoms. The minimum absolute atomic E-state index is 0.135. The van der Waals surface area contributed by atoms with Crippen molar-refractivity contribution in [3.05, 3.63) is 60.2 Å². The first-order valence-electron chi connectivity index (χ1n) is 12.5. The number of hydrogen-bond acceptors (Lipinski definition) is 7. The summed E-state index contributed by atoms with van der Waals surface area (Å²) in [6, 6.07) is 11.1. The molecule has 0 fully saturated rings. The molecule has 2 aromatic carbocycles. The first kappa shape index (κ1) is 32.5. The van der Waals surface area contributed by atoms with Gasteiger partial charge in [0.05, 0.1) is 12.5 Å². The molecule has 0 spiro atoms. The average Bonchev–Trinajstić information content (AvgIpc) is 2.92. The number of nitrogens with two attached hydrogens (primary N) is 3. The zero-order valence-electron chi connectivity index (χ0n) is 21.7. The van der Waals surface area contributed by atoms with E-state index in [1.165, 1.54) is 17.0 Å². The Bertz CT molecular complexity index is 1090. The molecule has 0 saturated heterocycles. The fourth-order valence-electron chi connectivity index (χ4n) is 3.62. The molecule has 0 bridgehead atoms. The fraction of sp³-hybridized carbons (Fsp3) is 0.423. The van der Waals surface area contributed by atoms with Crippen molar-refractivity contribution >= 4 is 23.4 Å². The number of nitrogens with zero attached hydrogens (tertiary/aromatic N) is 1. The predicted molar refractivity (Wildman–Crippen MR) is 141 cm³/mol. The highest BCUT2D eigenvalue weighted by atomic mass is 19.3. The largest absolute Gasteiger partial charge is 0.461 e. The van der Waals surface area contributed by atoms with E-state index in [1.54, 1.807) is 0 Å². The zero-order valence-corrected chi connectivity index (χ0v) is 21.7. The van der Waals surface area contributed by atoms with Crippen molar-refractivity contribution in [3.63, 3.8) is 0 Å². The van der Waals surface area contributed by atoms with E-state index in [-0.39, 0.29) is 44.7 Å². The molecule has 0 aliphatic carbocycles. The number of aryl methyl sites for hydroxylation is 1. The lowest BCUT2D eigenvalue weighted by Crippen LogP contribution is -2.52. The Balaban J connectivity index is 2.10. The summed E-state index contributed by atoms with van der Waals surface area (Å²) >= 11 is 0. The van der Waals surface area contributed by atoms with Gasteiger partial charge in [-0.25, -0.2) is 0 Å². The van der Waals surface area contributed by atoms with E-state index in [0.717, 1.165) is 17.7 Å². The Hall–Kier alpha value is -3.75. The summed E-state index contributed by atoms with van der Waals surface area (Å²) in [5, 5.41) is 5.11. The van der Waals surface area contributed by atoms with Crippen molar-refractivity contribution < 1.29 is 36.7 Å². The number of halogens is 4. The zero-order chi connectivity index (χ0) is 29.7. The lowest BCUT2D eigenvalue weighted by molar-refractivity contribution is -0.253. The molecule has 2 aromatic rings. The molecule has 0 saturated carbocycles. The maximum absolute atomic E-state index is 13.1. The highest BCUT2D eigenvalue weighted by Gasteiger charge is 2.44. The van der Waals surface area contributed by atoms with Crippen LogP contribution in [0.5, 0.6) is 5.75 Å². The van der Waals surface area contributed by atoms with Crippen molar-refractivity contribution in [2.45, 2.75) is 43.9 Å². The minimum atomic E-state index is -4.68. The van der Waals surface area contributed by atoms with Crippen molar-refractivity contribution in [1.82, 2.24) is 10.2 Å². The number of nitrogens with one attached hydrogen (secondary N) is 2. The van der Waals surface area contributed by atoms with Crippen LogP contribution in [0.25, 0.3) is 0 Å². The molecule has 0 radical (unpaired) electrons. The Morgan fingerprint density at radius 2 is 1.52 bits per heavy atom. The Morgan fingerprint density at radius 1 is 0.925 bits per heavy atom. The van der Waals surface area contributed by atoms with E-state index in [2.05, 4.69) is 15.4 Å². The molecule has 0 aromatic heterocycles. The molecule has 3 amide bonds. The molecule has 0 aliphatic heterocycles. The van der Waals surface area contributed by atoms with Crippen LogP contribution >= 0.6 is 0 Å². The number of benzene rings is 2. The smallest absolute Gasteiger partial charge is 0.428 e. The second kappa shape index (κ2) is 15.7. The second-order valence-electron chi connectivity index (χ2n) is 8.83. The number of amides is 3. The summed E-state index contributed by atoms with van der Waals surface area (Å²) in [4.78, 5) is 39.9. The molecule has 0 aliphatic rings. The monoisotopic (exact) mass is 570 g/mol. The summed E-state index contributed by atoms with van der Waals surface area (Å²) in [5.74, 6) is -2.34. The number of alkyl halides is 4. The van der Waals surface area contributed by atoms with Gasteiger partial charge in [0.2, 0.25) is 17.7 Å². The normalized spacial score (nSPS) is 12.9. The van der Waals surface area contributed by atoms with Gasteiger partial charge in [0.1, 0.15) is 11.8 Å². The SMILES string of the molecule is NCCN(CCN)C(=O)C[C@H](N)C(=O)N[C@@H](CCc1ccccc1)C(=O)Nc1ccc(OC(F)(F)C(F)F)cc1. The van der Waals surface area contributed by atoms with Gasteiger partial charge in [-0.3, -0.25) is 14.4 Å². The van der Waals surface area contributed by atoms with Gasteiger partial charge in [0.15, 0.2) is 0 Å². The predicted octanol–water partition coefficient (Wildman–Crippen LogP) is 1.44. The van der Waals surface area contributed by atoms with Gasteiger partial charge in [-0.1, -0.05) is 30.3 Å². The van der Waals surface area contributed by atoms with Crippen LogP contribution in [-0.2, 0) is 20.8 Å². The third kappa shape index (κ3) is 10.4.